The minimum absolute atomic E-state index is 0.254. The first-order valence-corrected chi connectivity index (χ1v) is 12.2. The third kappa shape index (κ3) is 3.47. The smallest absolute Gasteiger partial charge is 0.222 e. The number of carbonyl (C=O) groups is 1. The molecule has 1 N–H and O–H groups in total. The predicted molar refractivity (Wildman–Crippen MR) is 135 cm³/mol. The minimum atomic E-state index is 0.254. The quantitative estimate of drug-likeness (QED) is 0.403. The van der Waals surface area contributed by atoms with E-state index in [9.17, 15) is 4.79 Å². The van der Waals surface area contributed by atoms with Crippen molar-refractivity contribution in [2.75, 3.05) is 13.1 Å². The van der Waals surface area contributed by atoms with Gasteiger partial charge in [0.25, 0.3) is 0 Å². The number of pyridine rings is 1. The molecule has 1 fully saturated rings. The second kappa shape index (κ2) is 8.31. The number of fused-ring (bicyclic) bond motifs is 4. The molecule has 1 aromatic carbocycles. The summed E-state index contributed by atoms with van der Waals surface area (Å²) in [5.74, 6) is 1.76. The molecule has 0 unspecified atom stereocenters. The van der Waals surface area contributed by atoms with Gasteiger partial charge in [0, 0.05) is 55.4 Å². The number of aromatic nitrogens is 5. The van der Waals surface area contributed by atoms with E-state index in [0.717, 1.165) is 65.8 Å². The van der Waals surface area contributed by atoms with E-state index in [-0.39, 0.29) is 11.9 Å². The molecule has 1 amide bonds. The van der Waals surface area contributed by atoms with Crippen molar-refractivity contribution in [1.82, 2.24) is 29.0 Å². The second-order valence-corrected chi connectivity index (χ2v) is 9.60. The average molecular weight is 455 g/mol. The van der Waals surface area contributed by atoms with Crippen molar-refractivity contribution in [2.45, 2.75) is 45.7 Å². The van der Waals surface area contributed by atoms with E-state index in [1.165, 1.54) is 5.52 Å². The SMILES string of the molecule is Cc1nc2ccccc2n1CCCC(=O)N1CC[C@@H](C)[C@@H](n2ccc3cnc4[nH]ccc4c32)C1. The van der Waals surface area contributed by atoms with Gasteiger partial charge in [0.05, 0.1) is 22.6 Å². The van der Waals surface area contributed by atoms with Gasteiger partial charge in [0.15, 0.2) is 0 Å². The Labute approximate surface area is 198 Å². The van der Waals surface area contributed by atoms with Crippen LogP contribution in [0.3, 0.4) is 0 Å². The number of amides is 1. The van der Waals surface area contributed by atoms with Crippen LogP contribution in [-0.4, -0.2) is 48.0 Å². The fourth-order valence-corrected chi connectivity index (χ4v) is 5.59. The Balaban J connectivity index is 1.17. The summed E-state index contributed by atoms with van der Waals surface area (Å²) in [4.78, 5) is 27.7. The number of hydrogen-bond donors (Lipinski definition) is 1. The van der Waals surface area contributed by atoms with E-state index in [0.29, 0.717) is 12.3 Å². The standard InChI is InChI=1S/C27H30N6O/c1-18-10-14-31(25(34)8-5-13-32-19(2)30-22-6-3-4-7-23(22)32)17-24(18)33-15-11-20-16-29-27-21(26(20)33)9-12-28-27/h3-4,6-7,9,11-12,15-16,18,24H,5,8,10,13-14,17H2,1-2H3,(H,28,29)/t18-,24+/m1/s1. The number of rotatable bonds is 5. The first-order valence-electron chi connectivity index (χ1n) is 12.2. The molecule has 4 aromatic heterocycles. The minimum Gasteiger partial charge on any atom is -0.346 e. The number of aryl methyl sites for hydroxylation is 2. The van der Waals surface area contributed by atoms with Crippen molar-refractivity contribution in [1.29, 1.82) is 0 Å². The molecule has 0 radical (unpaired) electrons. The number of H-pyrrole nitrogens is 1. The third-order valence-corrected chi connectivity index (χ3v) is 7.51. The number of imidazole rings is 1. The molecule has 5 heterocycles. The highest BCUT2D eigenvalue weighted by molar-refractivity contribution is 6.02. The number of piperidine rings is 1. The van der Waals surface area contributed by atoms with Gasteiger partial charge in [-0.1, -0.05) is 19.1 Å². The van der Waals surface area contributed by atoms with Gasteiger partial charge in [0.2, 0.25) is 5.91 Å². The van der Waals surface area contributed by atoms with Gasteiger partial charge < -0.3 is 19.0 Å². The summed E-state index contributed by atoms with van der Waals surface area (Å²) in [5, 5.41) is 2.28. The van der Waals surface area contributed by atoms with Gasteiger partial charge in [-0.2, -0.15) is 0 Å². The number of carbonyl (C=O) groups excluding carboxylic acids is 1. The summed E-state index contributed by atoms with van der Waals surface area (Å²) in [5.41, 5.74) is 4.28. The van der Waals surface area contributed by atoms with Crippen molar-refractivity contribution >= 4 is 38.9 Å². The molecular formula is C27H30N6O. The first kappa shape index (κ1) is 21.0. The van der Waals surface area contributed by atoms with Crippen LogP contribution in [0.1, 0.15) is 38.1 Å². The lowest BCUT2D eigenvalue weighted by Gasteiger charge is -2.38. The summed E-state index contributed by atoms with van der Waals surface area (Å²) in [6.45, 7) is 6.75. The van der Waals surface area contributed by atoms with Crippen molar-refractivity contribution in [3.05, 3.63) is 60.8 Å². The predicted octanol–water partition coefficient (Wildman–Crippen LogP) is 5.07. The van der Waals surface area contributed by atoms with E-state index in [1.807, 2.05) is 37.5 Å². The Bertz CT molecular complexity index is 1490. The monoisotopic (exact) mass is 454 g/mol. The Kier molecular flexibility index (Phi) is 5.12. The van der Waals surface area contributed by atoms with E-state index >= 15 is 0 Å². The van der Waals surface area contributed by atoms with Gasteiger partial charge in [-0.25, -0.2) is 9.97 Å². The molecule has 0 saturated carbocycles. The van der Waals surface area contributed by atoms with Crippen LogP contribution in [-0.2, 0) is 11.3 Å². The summed E-state index contributed by atoms with van der Waals surface area (Å²) in [7, 11) is 0. The van der Waals surface area contributed by atoms with Gasteiger partial charge in [-0.05, 0) is 49.9 Å². The number of nitrogens with zero attached hydrogens (tertiary/aromatic N) is 5. The van der Waals surface area contributed by atoms with Crippen LogP contribution in [0.5, 0.6) is 0 Å². The lowest BCUT2D eigenvalue weighted by atomic mass is 9.92. The molecule has 0 spiro atoms. The lowest BCUT2D eigenvalue weighted by Crippen LogP contribution is -2.43. The van der Waals surface area contributed by atoms with E-state index < -0.39 is 0 Å². The number of aromatic amines is 1. The highest BCUT2D eigenvalue weighted by Crippen LogP contribution is 2.34. The summed E-state index contributed by atoms with van der Waals surface area (Å²) < 4.78 is 4.60. The average Bonchev–Trinajstić information content (AvgIpc) is 3.56. The fourth-order valence-electron chi connectivity index (χ4n) is 5.59. The van der Waals surface area contributed by atoms with Crippen LogP contribution in [0.4, 0.5) is 0 Å². The molecule has 0 bridgehead atoms. The molecule has 7 heteroatoms. The molecule has 1 aliphatic heterocycles. The van der Waals surface area contributed by atoms with Crippen molar-refractivity contribution in [2.24, 2.45) is 5.92 Å². The summed E-state index contributed by atoms with van der Waals surface area (Å²) >= 11 is 0. The number of nitrogens with one attached hydrogen (secondary N) is 1. The molecule has 6 rings (SSSR count). The Morgan fingerprint density at radius 2 is 2.09 bits per heavy atom. The lowest BCUT2D eigenvalue weighted by molar-refractivity contribution is -0.133. The number of benzene rings is 1. The maximum Gasteiger partial charge on any atom is 0.222 e. The fraction of sp³-hybridized carbons (Fsp3) is 0.370. The normalized spacial score (nSPS) is 18.9. The zero-order valence-electron chi connectivity index (χ0n) is 19.7. The summed E-state index contributed by atoms with van der Waals surface area (Å²) in [6.07, 6.45) is 8.44. The molecule has 1 aliphatic rings. The second-order valence-electron chi connectivity index (χ2n) is 9.60. The highest BCUT2D eigenvalue weighted by Gasteiger charge is 2.30. The van der Waals surface area contributed by atoms with Gasteiger partial charge in [-0.3, -0.25) is 4.79 Å². The topological polar surface area (TPSA) is 71.7 Å². The van der Waals surface area contributed by atoms with Gasteiger partial charge in [0.1, 0.15) is 11.5 Å². The van der Waals surface area contributed by atoms with Crippen LogP contribution >= 0.6 is 0 Å². The van der Waals surface area contributed by atoms with Crippen molar-refractivity contribution < 1.29 is 4.79 Å². The Morgan fingerprint density at radius 1 is 1.21 bits per heavy atom. The largest absolute Gasteiger partial charge is 0.346 e. The number of hydrogen-bond acceptors (Lipinski definition) is 3. The molecular weight excluding hydrogens is 424 g/mol. The third-order valence-electron chi connectivity index (χ3n) is 7.51. The van der Waals surface area contributed by atoms with Crippen LogP contribution in [0.25, 0.3) is 33.0 Å². The zero-order chi connectivity index (χ0) is 23.2. The maximum atomic E-state index is 13.2. The highest BCUT2D eigenvalue weighted by atomic mass is 16.2. The van der Waals surface area contributed by atoms with E-state index in [2.05, 4.69) is 60.3 Å². The zero-order valence-corrected chi connectivity index (χ0v) is 19.7. The summed E-state index contributed by atoms with van der Waals surface area (Å²) in [6, 6.07) is 12.7. The first-order chi connectivity index (χ1) is 16.6. The van der Waals surface area contributed by atoms with Crippen LogP contribution in [0.15, 0.2) is 55.0 Å². The van der Waals surface area contributed by atoms with Crippen molar-refractivity contribution in [3.8, 4) is 0 Å². The van der Waals surface area contributed by atoms with Crippen LogP contribution in [0, 0.1) is 12.8 Å². The molecule has 1 saturated heterocycles. The Hall–Kier alpha value is -3.61. The molecule has 5 aromatic rings. The van der Waals surface area contributed by atoms with Crippen LogP contribution in [0.2, 0.25) is 0 Å². The number of para-hydroxylation sites is 2. The van der Waals surface area contributed by atoms with Gasteiger partial charge in [-0.15, -0.1) is 0 Å². The van der Waals surface area contributed by atoms with Crippen molar-refractivity contribution in [3.63, 3.8) is 0 Å². The van der Waals surface area contributed by atoms with E-state index in [4.69, 9.17) is 0 Å². The number of likely N-dealkylation sites (tertiary alicyclic amines) is 1. The molecule has 34 heavy (non-hydrogen) atoms. The molecule has 2 atom stereocenters. The Morgan fingerprint density at radius 3 is 3.00 bits per heavy atom. The molecule has 0 aliphatic carbocycles. The molecule has 174 valence electrons. The van der Waals surface area contributed by atoms with Crippen LogP contribution < -0.4 is 0 Å². The molecule has 7 nitrogen and oxygen atoms in total. The maximum absolute atomic E-state index is 13.2. The van der Waals surface area contributed by atoms with Gasteiger partial charge >= 0.3 is 0 Å². The van der Waals surface area contributed by atoms with E-state index in [1.54, 1.807) is 0 Å².